The summed E-state index contributed by atoms with van der Waals surface area (Å²) in [4.78, 5) is 15.3. The van der Waals surface area contributed by atoms with E-state index in [1.807, 2.05) is 25.3 Å². The van der Waals surface area contributed by atoms with Crippen LogP contribution < -0.4 is 5.73 Å². The van der Waals surface area contributed by atoms with Crippen molar-refractivity contribution in [1.29, 1.82) is 0 Å². The van der Waals surface area contributed by atoms with E-state index in [0.29, 0.717) is 11.5 Å². The standard InChI is InChI=1S/C13H14N2O/c1-9-11(10-5-3-2-4-6-10)7-15-8-12(9)13(14)16/h2-5,7-8,10H,6H2,1H3,(H2,14,16). The smallest absolute Gasteiger partial charge is 0.250 e. The number of pyridine rings is 1. The predicted octanol–water partition coefficient (Wildman–Crippen LogP) is 2.09. The van der Waals surface area contributed by atoms with Crippen molar-refractivity contribution in [2.24, 2.45) is 5.73 Å². The average Bonchev–Trinajstić information content (AvgIpc) is 2.30. The summed E-state index contributed by atoms with van der Waals surface area (Å²) in [6.07, 6.45) is 12.6. The Labute approximate surface area is 94.7 Å². The minimum absolute atomic E-state index is 0.303. The topological polar surface area (TPSA) is 56.0 Å². The molecule has 1 aliphatic rings. The van der Waals surface area contributed by atoms with Crippen molar-refractivity contribution in [2.75, 3.05) is 0 Å². The lowest BCUT2D eigenvalue weighted by molar-refractivity contribution is 0.0999. The molecular formula is C13H14N2O. The van der Waals surface area contributed by atoms with Crippen LogP contribution in [0.1, 0.15) is 33.8 Å². The summed E-state index contributed by atoms with van der Waals surface area (Å²) in [5, 5.41) is 0. The largest absolute Gasteiger partial charge is 0.366 e. The van der Waals surface area contributed by atoms with Crippen molar-refractivity contribution in [1.82, 2.24) is 4.98 Å². The van der Waals surface area contributed by atoms with Gasteiger partial charge in [0.1, 0.15) is 0 Å². The van der Waals surface area contributed by atoms with Crippen molar-refractivity contribution in [3.05, 3.63) is 53.4 Å². The molecule has 0 aliphatic heterocycles. The van der Waals surface area contributed by atoms with Crippen LogP contribution in [0.15, 0.2) is 36.7 Å². The summed E-state index contributed by atoms with van der Waals surface area (Å²) in [6.45, 7) is 1.92. The Hall–Kier alpha value is -1.90. The van der Waals surface area contributed by atoms with E-state index in [1.54, 1.807) is 0 Å². The van der Waals surface area contributed by atoms with Gasteiger partial charge in [0.25, 0.3) is 5.91 Å². The highest BCUT2D eigenvalue weighted by atomic mass is 16.1. The van der Waals surface area contributed by atoms with E-state index in [4.69, 9.17) is 5.73 Å². The van der Waals surface area contributed by atoms with E-state index in [0.717, 1.165) is 17.5 Å². The van der Waals surface area contributed by atoms with Gasteiger partial charge >= 0.3 is 0 Å². The highest BCUT2D eigenvalue weighted by molar-refractivity contribution is 5.94. The number of carbonyl (C=O) groups excluding carboxylic acids is 1. The van der Waals surface area contributed by atoms with Crippen LogP contribution in [0.3, 0.4) is 0 Å². The maximum atomic E-state index is 11.2. The number of hydrogen-bond donors (Lipinski definition) is 1. The molecule has 2 N–H and O–H groups in total. The monoisotopic (exact) mass is 214 g/mol. The van der Waals surface area contributed by atoms with Gasteiger partial charge in [0.2, 0.25) is 0 Å². The summed E-state index contributed by atoms with van der Waals surface area (Å²) in [6, 6.07) is 0. The van der Waals surface area contributed by atoms with Crippen molar-refractivity contribution in [2.45, 2.75) is 19.3 Å². The molecule has 0 saturated carbocycles. The molecule has 0 fully saturated rings. The number of amides is 1. The normalized spacial score (nSPS) is 18.7. The molecule has 0 aromatic carbocycles. The first-order valence-electron chi connectivity index (χ1n) is 5.28. The molecule has 1 aliphatic carbocycles. The second-order valence-electron chi connectivity index (χ2n) is 3.92. The van der Waals surface area contributed by atoms with Crippen LogP contribution >= 0.6 is 0 Å². The van der Waals surface area contributed by atoms with Crippen LogP contribution in [0, 0.1) is 6.92 Å². The Balaban J connectivity index is 2.41. The Morgan fingerprint density at radius 1 is 1.44 bits per heavy atom. The first-order chi connectivity index (χ1) is 7.70. The van der Waals surface area contributed by atoms with E-state index < -0.39 is 5.91 Å². The summed E-state index contributed by atoms with van der Waals surface area (Å²) in [7, 11) is 0. The molecule has 1 atom stereocenters. The van der Waals surface area contributed by atoms with Gasteiger partial charge in [-0.05, 0) is 24.5 Å². The van der Waals surface area contributed by atoms with Gasteiger partial charge in [-0.25, -0.2) is 0 Å². The minimum Gasteiger partial charge on any atom is -0.366 e. The van der Waals surface area contributed by atoms with Gasteiger partial charge in [0.05, 0.1) is 5.56 Å². The van der Waals surface area contributed by atoms with Gasteiger partial charge < -0.3 is 5.73 Å². The Morgan fingerprint density at radius 2 is 2.25 bits per heavy atom. The highest BCUT2D eigenvalue weighted by Gasteiger charge is 2.15. The second kappa shape index (κ2) is 4.31. The molecule has 3 heteroatoms. The van der Waals surface area contributed by atoms with Crippen LogP contribution in [0.5, 0.6) is 0 Å². The van der Waals surface area contributed by atoms with E-state index in [2.05, 4.69) is 17.1 Å². The number of nitrogens with zero attached hydrogens (tertiary/aromatic N) is 1. The Morgan fingerprint density at radius 3 is 2.88 bits per heavy atom. The number of aromatic nitrogens is 1. The van der Waals surface area contributed by atoms with Gasteiger partial charge in [-0.15, -0.1) is 0 Å². The number of carbonyl (C=O) groups is 1. The van der Waals surface area contributed by atoms with Crippen molar-refractivity contribution >= 4 is 5.91 Å². The molecule has 0 bridgehead atoms. The lowest BCUT2D eigenvalue weighted by Crippen LogP contribution is -2.15. The molecule has 16 heavy (non-hydrogen) atoms. The first kappa shape index (κ1) is 10.6. The number of hydrogen-bond acceptors (Lipinski definition) is 2. The third-order valence-electron chi connectivity index (χ3n) is 2.90. The SMILES string of the molecule is Cc1c(C(N)=O)cncc1C1C=CC=CC1. The zero-order chi connectivity index (χ0) is 11.5. The fraction of sp³-hybridized carbons (Fsp3) is 0.231. The van der Waals surface area contributed by atoms with Crippen LogP contribution in [-0.2, 0) is 0 Å². The van der Waals surface area contributed by atoms with Gasteiger partial charge in [-0.3, -0.25) is 9.78 Å². The van der Waals surface area contributed by atoms with Gasteiger partial charge in [-0.2, -0.15) is 0 Å². The number of primary amides is 1. The molecular weight excluding hydrogens is 200 g/mol. The lowest BCUT2D eigenvalue weighted by atomic mass is 9.89. The predicted molar refractivity (Wildman–Crippen MR) is 63.1 cm³/mol. The third kappa shape index (κ3) is 1.89. The maximum absolute atomic E-state index is 11.2. The summed E-state index contributed by atoms with van der Waals surface area (Å²) in [5.74, 6) is -0.112. The molecule has 1 heterocycles. The zero-order valence-corrected chi connectivity index (χ0v) is 9.18. The quantitative estimate of drug-likeness (QED) is 0.819. The number of allylic oxidation sites excluding steroid dienone is 4. The van der Waals surface area contributed by atoms with E-state index >= 15 is 0 Å². The van der Waals surface area contributed by atoms with Crippen LogP contribution in [0.25, 0.3) is 0 Å². The van der Waals surface area contributed by atoms with Crippen LogP contribution in [0.2, 0.25) is 0 Å². The maximum Gasteiger partial charge on any atom is 0.250 e. The van der Waals surface area contributed by atoms with Gasteiger partial charge in [-0.1, -0.05) is 24.3 Å². The molecule has 2 rings (SSSR count). The molecule has 82 valence electrons. The van der Waals surface area contributed by atoms with Crippen LogP contribution in [-0.4, -0.2) is 10.9 Å². The minimum atomic E-state index is -0.415. The Bertz CT molecular complexity index is 475. The molecule has 1 unspecified atom stereocenters. The van der Waals surface area contributed by atoms with Gasteiger partial charge in [0, 0.05) is 18.3 Å². The molecule has 1 aromatic rings. The zero-order valence-electron chi connectivity index (χ0n) is 9.18. The Kier molecular flexibility index (Phi) is 2.86. The summed E-state index contributed by atoms with van der Waals surface area (Å²) < 4.78 is 0. The van der Waals surface area contributed by atoms with E-state index in [9.17, 15) is 4.79 Å². The van der Waals surface area contributed by atoms with Crippen LogP contribution in [0.4, 0.5) is 0 Å². The fourth-order valence-electron chi connectivity index (χ4n) is 1.97. The average molecular weight is 214 g/mol. The molecule has 3 nitrogen and oxygen atoms in total. The summed E-state index contributed by atoms with van der Waals surface area (Å²) >= 11 is 0. The number of nitrogens with two attached hydrogens (primary N) is 1. The molecule has 0 saturated heterocycles. The number of rotatable bonds is 2. The summed E-state index contributed by atoms with van der Waals surface area (Å²) in [5.41, 5.74) is 7.83. The molecule has 1 aromatic heterocycles. The van der Waals surface area contributed by atoms with Crippen molar-refractivity contribution in [3.8, 4) is 0 Å². The second-order valence-corrected chi connectivity index (χ2v) is 3.92. The van der Waals surface area contributed by atoms with Crippen molar-refractivity contribution in [3.63, 3.8) is 0 Å². The molecule has 0 radical (unpaired) electrons. The van der Waals surface area contributed by atoms with E-state index in [-0.39, 0.29) is 0 Å². The molecule has 1 amide bonds. The van der Waals surface area contributed by atoms with Crippen molar-refractivity contribution < 1.29 is 4.79 Å². The van der Waals surface area contributed by atoms with Gasteiger partial charge in [0.15, 0.2) is 0 Å². The fourth-order valence-corrected chi connectivity index (χ4v) is 1.97. The highest BCUT2D eigenvalue weighted by Crippen LogP contribution is 2.27. The lowest BCUT2D eigenvalue weighted by Gasteiger charge is -2.16. The first-order valence-corrected chi connectivity index (χ1v) is 5.28. The third-order valence-corrected chi connectivity index (χ3v) is 2.90. The molecule has 0 spiro atoms. The van der Waals surface area contributed by atoms with E-state index in [1.165, 1.54) is 6.20 Å².